The molecule has 3 aromatic rings. The molecule has 1 N–H and O–H groups in total. The molecule has 0 bridgehead atoms. The molecule has 1 aromatic heterocycles. The molecule has 8 heteroatoms. The number of anilines is 1. The fourth-order valence-corrected chi connectivity index (χ4v) is 5.11. The highest BCUT2D eigenvalue weighted by Gasteiger charge is 2.32. The first-order valence-corrected chi connectivity index (χ1v) is 12.8. The van der Waals surface area contributed by atoms with Gasteiger partial charge in [0.2, 0.25) is 5.91 Å². The third kappa shape index (κ3) is 4.73. The largest absolute Gasteiger partial charge is 0.494 e. The van der Waals surface area contributed by atoms with Gasteiger partial charge >= 0.3 is 0 Å². The number of thiocarbonyl (C=S) groups is 1. The minimum Gasteiger partial charge on any atom is -0.494 e. The van der Waals surface area contributed by atoms with Gasteiger partial charge in [-0.25, -0.2) is 0 Å². The molecule has 2 fully saturated rings. The average Bonchev–Trinajstić information content (AvgIpc) is 3.36. The lowest BCUT2D eigenvalue weighted by atomic mass is 9.99. The van der Waals surface area contributed by atoms with Crippen molar-refractivity contribution in [1.82, 2.24) is 14.8 Å². The number of fused-ring (bicyclic) bond motifs is 1. The van der Waals surface area contributed by atoms with Crippen LogP contribution in [0.4, 0.5) is 5.69 Å². The molecule has 0 saturated carbocycles. The van der Waals surface area contributed by atoms with Crippen molar-refractivity contribution in [3.05, 3.63) is 66.0 Å². The molecule has 2 aliphatic heterocycles. The van der Waals surface area contributed by atoms with Crippen molar-refractivity contribution >= 4 is 51.8 Å². The van der Waals surface area contributed by atoms with E-state index in [1.54, 1.807) is 0 Å². The van der Waals surface area contributed by atoms with Crippen molar-refractivity contribution in [2.45, 2.75) is 33.2 Å². The summed E-state index contributed by atoms with van der Waals surface area (Å²) >= 11 is 5.48. The number of para-hydroxylation sites is 1. The van der Waals surface area contributed by atoms with E-state index in [4.69, 9.17) is 17.0 Å². The maximum absolute atomic E-state index is 13.3. The molecule has 0 radical (unpaired) electrons. The zero-order chi connectivity index (χ0) is 25.2. The summed E-state index contributed by atoms with van der Waals surface area (Å²) in [5.41, 5.74) is 2.89. The highest BCUT2D eigenvalue weighted by molar-refractivity contribution is 7.80. The predicted molar refractivity (Wildman–Crippen MR) is 146 cm³/mol. The number of nitrogens with one attached hydrogen (secondary N) is 1. The number of hydrogen-bond donors (Lipinski definition) is 1. The van der Waals surface area contributed by atoms with Crippen molar-refractivity contribution in [3.8, 4) is 5.75 Å². The summed E-state index contributed by atoms with van der Waals surface area (Å²) in [6, 6.07) is 15.2. The molecule has 3 heterocycles. The Morgan fingerprint density at radius 3 is 2.58 bits per heavy atom. The van der Waals surface area contributed by atoms with Gasteiger partial charge in [-0.2, -0.15) is 0 Å². The molecule has 36 heavy (non-hydrogen) atoms. The highest BCUT2D eigenvalue weighted by Crippen LogP contribution is 2.28. The Hall–Kier alpha value is -3.65. The number of piperidine rings is 1. The van der Waals surface area contributed by atoms with Crippen molar-refractivity contribution in [2.75, 3.05) is 24.6 Å². The summed E-state index contributed by atoms with van der Waals surface area (Å²) in [5.74, 6) is 1.31. The topological polar surface area (TPSA) is 66.8 Å². The lowest BCUT2D eigenvalue weighted by Gasteiger charge is -2.30. The molecule has 2 amide bonds. The number of hydrogen-bond acceptors (Lipinski definition) is 4. The Morgan fingerprint density at radius 2 is 1.86 bits per heavy atom. The van der Waals surface area contributed by atoms with Gasteiger partial charge in [0.1, 0.15) is 18.0 Å². The normalized spacial score (nSPS) is 17.8. The van der Waals surface area contributed by atoms with Crippen molar-refractivity contribution in [1.29, 1.82) is 0 Å². The van der Waals surface area contributed by atoms with E-state index < -0.39 is 0 Å². The van der Waals surface area contributed by atoms with Gasteiger partial charge in [-0.1, -0.05) is 25.1 Å². The predicted octanol–water partition coefficient (Wildman–Crippen LogP) is 4.56. The summed E-state index contributed by atoms with van der Waals surface area (Å²) < 4.78 is 7.47. The minimum atomic E-state index is -0.223. The Kier molecular flexibility index (Phi) is 6.78. The van der Waals surface area contributed by atoms with E-state index in [2.05, 4.69) is 12.2 Å². The first-order chi connectivity index (χ1) is 17.4. The van der Waals surface area contributed by atoms with Crippen molar-refractivity contribution in [3.63, 3.8) is 0 Å². The zero-order valence-electron chi connectivity index (χ0n) is 20.6. The van der Waals surface area contributed by atoms with Crippen LogP contribution in [0.2, 0.25) is 0 Å². The lowest BCUT2D eigenvalue weighted by Crippen LogP contribution is -2.39. The third-order valence-electron chi connectivity index (χ3n) is 6.85. The first kappa shape index (κ1) is 24.1. The SMILES string of the molecule is CCOc1ccc(N2C(=O)/C(=C/c3cn(CC(=O)N4CCC(C)CC4)c4ccccc34)NC2=S)cc1. The van der Waals surface area contributed by atoms with Gasteiger partial charge in [0.05, 0.1) is 12.3 Å². The van der Waals surface area contributed by atoms with Gasteiger partial charge < -0.3 is 19.5 Å². The molecule has 0 aliphatic carbocycles. The second-order valence-electron chi connectivity index (χ2n) is 9.35. The van der Waals surface area contributed by atoms with E-state index in [1.165, 1.54) is 4.90 Å². The van der Waals surface area contributed by atoms with Crippen LogP contribution in [0.15, 0.2) is 60.4 Å². The number of rotatable bonds is 6. The van der Waals surface area contributed by atoms with E-state index in [9.17, 15) is 9.59 Å². The number of aromatic nitrogens is 1. The van der Waals surface area contributed by atoms with Gasteiger partial charge in [0.15, 0.2) is 5.11 Å². The monoisotopic (exact) mass is 502 g/mol. The van der Waals surface area contributed by atoms with Gasteiger partial charge in [0, 0.05) is 35.8 Å². The number of benzene rings is 2. The maximum Gasteiger partial charge on any atom is 0.281 e. The number of likely N-dealkylation sites (tertiary alicyclic amines) is 1. The summed E-state index contributed by atoms with van der Waals surface area (Å²) in [6.07, 6.45) is 5.86. The Labute approximate surface area is 216 Å². The molecular formula is C28H30N4O3S. The van der Waals surface area contributed by atoms with Crippen LogP contribution in [0.3, 0.4) is 0 Å². The molecule has 0 atom stereocenters. The van der Waals surface area contributed by atoms with Crippen LogP contribution in [-0.4, -0.2) is 46.1 Å². The van der Waals surface area contributed by atoms with E-state index in [1.807, 2.05) is 77.2 Å². The minimum absolute atomic E-state index is 0.125. The van der Waals surface area contributed by atoms with Gasteiger partial charge in [-0.3, -0.25) is 14.5 Å². The van der Waals surface area contributed by atoms with Crippen LogP contribution in [0.5, 0.6) is 5.75 Å². The van der Waals surface area contributed by atoms with Crippen LogP contribution in [0.25, 0.3) is 17.0 Å². The van der Waals surface area contributed by atoms with Gasteiger partial charge in [-0.05, 0) is 74.3 Å². The van der Waals surface area contributed by atoms with Gasteiger partial charge in [-0.15, -0.1) is 0 Å². The van der Waals surface area contributed by atoms with E-state index >= 15 is 0 Å². The number of carbonyl (C=O) groups excluding carboxylic acids is 2. The van der Waals surface area contributed by atoms with Crippen LogP contribution >= 0.6 is 12.2 Å². The summed E-state index contributed by atoms with van der Waals surface area (Å²) in [7, 11) is 0. The molecule has 2 saturated heterocycles. The third-order valence-corrected chi connectivity index (χ3v) is 7.13. The van der Waals surface area contributed by atoms with Crippen molar-refractivity contribution < 1.29 is 14.3 Å². The molecule has 0 unspecified atom stereocenters. The molecule has 0 spiro atoms. The highest BCUT2D eigenvalue weighted by atomic mass is 32.1. The molecule has 5 rings (SSSR count). The Morgan fingerprint density at radius 1 is 1.14 bits per heavy atom. The second kappa shape index (κ2) is 10.1. The Bertz CT molecular complexity index is 1340. The number of nitrogens with zero attached hydrogens (tertiary/aromatic N) is 3. The van der Waals surface area contributed by atoms with Crippen LogP contribution in [-0.2, 0) is 16.1 Å². The van der Waals surface area contributed by atoms with Gasteiger partial charge in [0.25, 0.3) is 5.91 Å². The summed E-state index contributed by atoms with van der Waals surface area (Å²) in [5, 5.41) is 4.37. The average molecular weight is 503 g/mol. The second-order valence-corrected chi connectivity index (χ2v) is 9.74. The fourth-order valence-electron chi connectivity index (χ4n) is 4.81. The standard InChI is InChI=1S/C28H30N4O3S/c1-3-35-22-10-8-21(9-11-22)32-27(34)24(29-28(32)36)16-20-17-31(25-7-5-4-6-23(20)25)18-26(33)30-14-12-19(2)13-15-30/h4-11,16-17,19H,3,12-15,18H2,1-2H3,(H,29,36)/b24-16-. The Balaban J connectivity index is 1.40. The summed E-state index contributed by atoms with van der Waals surface area (Å²) in [6.45, 7) is 6.64. The molecule has 186 valence electrons. The van der Waals surface area contributed by atoms with Crippen LogP contribution in [0, 0.1) is 5.92 Å². The van der Waals surface area contributed by atoms with E-state index in [-0.39, 0.29) is 18.4 Å². The quantitative estimate of drug-likeness (QED) is 0.395. The smallest absolute Gasteiger partial charge is 0.281 e. The van der Waals surface area contributed by atoms with E-state index in [0.29, 0.717) is 29.0 Å². The fraction of sp³-hybridized carbons (Fsp3) is 0.321. The lowest BCUT2D eigenvalue weighted by molar-refractivity contribution is -0.133. The maximum atomic E-state index is 13.3. The molecule has 7 nitrogen and oxygen atoms in total. The van der Waals surface area contributed by atoms with E-state index in [0.717, 1.165) is 48.1 Å². The number of carbonyl (C=O) groups is 2. The zero-order valence-corrected chi connectivity index (χ0v) is 21.4. The molecular weight excluding hydrogens is 472 g/mol. The van der Waals surface area contributed by atoms with Crippen LogP contribution in [0.1, 0.15) is 32.3 Å². The number of ether oxygens (including phenoxy) is 1. The van der Waals surface area contributed by atoms with Crippen molar-refractivity contribution in [2.24, 2.45) is 5.92 Å². The van der Waals surface area contributed by atoms with Crippen LogP contribution < -0.4 is 15.0 Å². The summed E-state index contributed by atoms with van der Waals surface area (Å²) in [4.78, 5) is 29.8. The molecule has 2 aromatic carbocycles. The molecule has 2 aliphatic rings. The first-order valence-electron chi connectivity index (χ1n) is 12.4. The number of amides is 2.